The SMILES string of the molecule is COc1ccc(C[N+]2=C3N=NC=C3C(=O)N(C)C2=O)cc1. The summed E-state index contributed by atoms with van der Waals surface area (Å²) in [6.07, 6.45) is 1.38. The number of urea groups is 1. The zero-order valence-electron chi connectivity index (χ0n) is 11.6. The van der Waals surface area contributed by atoms with Crippen LogP contribution in [0, 0.1) is 0 Å². The molecule has 0 saturated heterocycles. The summed E-state index contributed by atoms with van der Waals surface area (Å²) in [5.41, 5.74) is 1.24. The molecule has 7 heteroatoms. The molecule has 1 aromatic carbocycles. The van der Waals surface area contributed by atoms with E-state index < -0.39 is 6.03 Å². The molecule has 1 aromatic rings. The Morgan fingerprint density at radius 1 is 1.24 bits per heavy atom. The molecule has 3 amide bonds. The van der Waals surface area contributed by atoms with Gasteiger partial charge in [-0.3, -0.25) is 0 Å². The van der Waals surface area contributed by atoms with Gasteiger partial charge >= 0.3 is 17.8 Å². The van der Waals surface area contributed by atoms with Crippen molar-refractivity contribution >= 4 is 17.8 Å². The lowest BCUT2D eigenvalue weighted by Crippen LogP contribution is -2.48. The van der Waals surface area contributed by atoms with Gasteiger partial charge in [-0.2, -0.15) is 9.48 Å². The summed E-state index contributed by atoms with van der Waals surface area (Å²) in [7, 11) is 3.04. The van der Waals surface area contributed by atoms with Crippen LogP contribution < -0.4 is 4.74 Å². The molecule has 0 atom stereocenters. The number of carbonyl (C=O) groups excluding carboxylic acids is 2. The molecule has 0 unspecified atom stereocenters. The van der Waals surface area contributed by atoms with Gasteiger partial charge in [0.2, 0.25) is 0 Å². The van der Waals surface area contributed by atoms with Gasteiger partial charge in [-0.05, 0) is 17.7 Å². The highest BCUT2D eigenvalue weighted by atomic mass is 16.5. The highest BCUT2D eigenvalue weighted by Gasteiger charge is 2.43. The van der Waals surface area contributed by atoms with Gasteiger partial charge in [0.15, 0.2) is 5.57 Å². The molecule has 0 aromatic heterocycles. The molecule has 0 aliphatic carbocycles. The summed E-state index contributed by atoms with van der Waals surface area (Å²) in [5.74, 6) is 0.662. The van der Waals surface area contributed by atoms with Gasteiger partial charge in [0.1, 0.15) is 12.3 Å². The van der Waals surface area contributed by atoms with Crippen LogP contribution in [0.4, 0.5) is 4.79 Å². The Bertz CT molecular complexity index is 716. The molecule has 3 rings (SSSR count). The van der Waals surface area contributed by atoms with Crippen LogP contribution in [0.3, 0.4) is 0 Å². The third kappa shape index (κ3) is 2.12. The quantitative estimate of drug-likeness (QED) is 0.791. The molecular weight excluding hydrogens is 272 g/mol. The summed E-state index contributed by atoms with van der Waals surface area (Å²) in [5, 5.41) is 7.62. The molecule has 21 heavy (non-hydrogen) atoms. The number of methoxy groups -OCH3 is 1. The number of amidine groups is 1. The van der Waals surface area contributed by atoms with Gasteiger partial charge in [-0.15, -0.1) is 0 Å². The van der Waals surface area contributed by atoms with E-state index in [2.05, 4.69) is 10.2 Å². The van der Waals surface area contributed by atoms with Crippen molar-refractivity contribution in [2.45, 2.75) is 6.54 Å². The first-order chi connectivity index (χ1) is 10.1. The average molecular weight is 285 g/mol. The lowest BCUT2D eigenvalue weighted by Gasteiger charge is -2.18. The second-order valence-corrected chi connectivity index (χ2v) is 4.66. The van der Waals surface area contributed by atoms with E-state index in [1.54, 1.807) is 7.11 Å². The third-order valence-electron chi connectivity index (χ3n) is 3.39. The number of imide groups is 1. The number of azo groups is 1. The topological polar surface area (TPSA) is 74.3 Å². The normalized spacial score (nSPS) is 17.2. The number of amides is 3. The van der Waals surface area contributed by atoms with Gasteiger partial charge in [-0.25, -0.2) is 9.59 Å². The minimum Gasteiger partial charge on any atom is -0.497 e. The molecule has 0 spiro atoms. The molecule has 7 nitrogen and oxygen atoms in total. The van der Waals surface area contributed by atoms with Gasteiger partial charge in [0, 0.05) is 5.11 Å². The van der Waals surface area contributed by atoms with Crippen LogP contribution >= 0.6 is 0 Å². The van der Waals surface area contributed by atoms with Crippen LogP contribution in [-0.4, -0.2) is 41.4 Å². The number of hydrogen-bond acceptors (Lipinski definition) is 5. The molecule has 0 fully saturated rings. The fraction of sp³-hybridized carbons (Fsp3) is 0.214. The second kappa shape index (κ2) is 4.93. The van der Waals surface area contributed by atoms with E-state index in [1.165, 1.54) is 17.8 Å². The highest BCUT2D eigenvalue weighted by Crippen LogP contribution is 2.20. The predicted octanol–water partition coefficient (Wildman–Crippen LogP) is 1.55. The van der Waals surface area contributed by atoms with E-state index in [0.717, 1.165) is 16.2 Å². The van der Waals surface area contributed by atoms with Crippen LogP contribution in [-0.2, 0) is 11.3 Å². The Morgan fingerprint density at radius 3 is 2.62 bits per heavy atom. The fourth-order valence-corrected chi connectivity index (χ4v) is 2.20. The monoisotopic (exact) mass is 285 g/mol. The summed E-state index contributed by atoms with van der Waals surface area (Å²) in [6, 6.07) is 6.94. The van der Waals surface area contributed by atoms with E-state index in [1.807, 2.05) is 24.3 Å². The number of benzene rings is 1. The Balaban J connectivity index is 1.97. The third-order valence-corrected chi connectivity index (χ3v) is 3.39. The minimum absolute atomic E-state index is 0.305. The number of likely N-dealkylation sites (N-methyl/N-ethyl adjacent to an activating group) is 1. The van der Waals surface area contributed by atoms with Crippen molar-refractivity contribution in [1.29, 1.82) is 0 Å². The molecule has 2 heterocycles. The van der Waals surface area contributed by atoms with Crippen LogP contribution in [0.1, 0.15) is 5.56 Å². The standard InChI is InChI=1S/C14H13N4O3/c1-17-13(19)11-7-15-16-12(11)18(14(17)20)8-9-3-5-10(21-2)6-4-9/h3-7H,8H2,1-2H3/q+1. The second-order valence-electron chi connectivity index (χ2n) is 4.66. The molecule has 0 N–H and O–H groups in total. The molecule has 0 saturated carbocycles. The van der Waals surface area contributed by atoms with Crippen molar-refractivity contribution in [3.8, 4) is 5.75 Å². The number of nitrogens with zero attached hydrogens (tertiary/aromatic N) is 4. The molecule has 0 bridgehead atoms. The highest BCUT2D eigenvalue weighted by molar-refractivity contribution is 6.25. The van der Waals surface area contributed by atoms with E-state index in [9.17, 15) is 9.59 Å². The molecule has 0 radical (unpaired) electrons. The minimum atomic E-state index is -0.413. The zero-order chi connectivity index (χ0) is 15.0. The number of fused-ring (bicyclic) bond motifs is 1. The van der Waals surface area contributed by atoms with Crippen molar-refractivity contribution in [2.75, 3.05) is 14.2 Å². The Morgan fingerprint density at radius 2 is 1.95 bits per heavy atom. The molecule has 2 aliphatic heterocycles. The van der Waals surface area contributed by atoms with Gasteiger partial charge < -0.3 is 4.74 Å². The maximum absolute atomic E-state index is 12.3. The summed E-state index contributed by atoms with van der Waals surface area (Å²) >= 11 is 0. The molecule has 106 valence electrons. The van der Waals surface area contributed by atoms with Gasteiger partial charge in [-0.1, -0.05) is 17.2 Å². The summed E-state index contributed by atoms with van der Waals surface area (Å²) in [4.78, 5) is 25.3. The van der Waals surface area contributed by atoms with Crippen molar-refractivity contribution in [3.63, 3.8) is 0 Å². The zero-order valence-corrected chi connectivity index (χ0v) is 11.6. The Hall–Kier alpha value is -2.83. The Kier molecular flexibility index (Phi) is 3.09. The number of hydrogen-bond donors (Lipinski definition) is 0. The summed E-state index contributed by atoms with van der Waals surface area (Å²) < 4.78 is 6.54. The largest absolute Gasteiger partial charge is 0.497 e. The van der Waals surface area contributed by atoms with Crippen LogP contribution in [0.25, 0.3) is 0 Å². The average Bonchev–Trinajstić information content (AvgIpc) is 2.99. The maximum Gasteiger partial charge on any atom is 0.446 e. The van der Waals surface area contributed by atoms with Crippen LogP contribution in [0.2, 0.25) is 0 Å². The first-order valence-electron chi connectivity index (χ1n) is 6.32. The molecular formula is C14H13N4O3+. The first kappa shape index (κ1) is 13.2. The van der Waals surface area contributed by atoms with Crippen molar-refractivity contribution in [2.24, 2.45) is 10.2 Å². The number of carbonyl (C=O) groups is 2. The number of rotatable bonds is 3. The van der Waals surface area contributed by atoms with Gasteiger partial charge in [0.05, 0.1) is 20.4 Å². The van der Waals surface area contributed by atoms with E-state index in [4.69, 9.17) is 4.74 Å². The predicted molar refractivity (Wildman–Crippen MR) is 73.1 cm³/mol. The lowest BCUT2D eigenvalue weighted by atomic mass is 10.1. The smallest absolute Gasteiger partial charge is 0.446 e. The first-order valence-corrected chi connectivity index (χ1v) is 6.32. The summed E-state index contributed by atoms with van der Waals surface area (Å²) in [6.45, 7) is 0.312. The number of ether oxygens (including phenoxy) is 1. The lowest BCUT2D eigenvalue weighted by molar-refractivity contribution is -0.453. The van der Waals surface area contributed by atoms with E-state index in [-0.39, 0.29) is 5.91 Å². The molecule has 2 aliphatic rings. The van der Waals surface area contributed by atoms with Crippen LogP contribution in [0.5, 0.6) is 5.75 Å². The van der Waals surface area contributed by atoms with E-state index in [0.29, 0.717) is 18.0 Å². The van der Waals surface area contributed by atoms with Crippen molar-refractivity contribution < 1.29 is 18.9 Å². The van der Waals surface area contributed by atoms with E-state index >= 15 is 0 Å². The van der Waals surface area contributed by atoms with Crippen LogP contribution in [0.15, 0.2) is 46.3 Å². The van der Waals surface area contributed by atoms with Crippen molar-refractivity contribution in [1.82, 2.24) is 4.90 Å². The van der Waals surface area contributed by atoms with Crippen molar-refractivity contribution in [3.05, 3.63) is 41.6 Å². The maximum atomic E-state index is 12.3. The van der Waals surface area contributed by atoms with Gasteiger partial charge in [0.25, 0.3) is 0 Å². The fourth-order valence-electron chi connectivity index (χ4n) is 2.20. The Labute approximate surface area is 120 Å².